The first-order valence-electron chi connectivity index (χ1n) is 11.0. The fraction of sp³-hybridized carbons (Fsp3) is 0.148. The maximum atomic E-state index is 12.9. The number of anilines is 1. The third kappa shape index (κ3) is 7.15. The molecule has 0 aliphatic carbocycles. The quantitative estimate of drug-likeness (QED) is 0.232. The monoisotopic (exact) mass is 518 g/mol. The number of carbonyl (C=O) groups is 2. The fourth-order valence-corrected chi connectivity index (χ4v) is 3.52. The smallest absolute Gasteiger partial charge is 0.287 e. The fourth-order valence-electron chi connectivity index (χ4n) is 3.25. The Morgan fingerprint density at radius 1 is 0.882 bits per heavy atom. The second-order valence-electron chi connectivity index (χ2n) is 7.39. The van der Waals surface area contributed by atoms with Gasteiger partial charge in [0.1, 0.15) is 5.70 Å². The molecule has 2 N–H and O–H groups in total. The third-order valence-electron chi connectivity index (χ3n) is 5.11. The van der Waals surface area contributed by atoms with Crippen LogP contribution in [0.15, 0.2) is 94.1 Å². The second-order valence-corrected chi connectivity index (χ2v) is 8.31. The van der Waals surface area contributed by atoms with Crippen LogP contribution in [0.5, 0.6) is 0 Å². The highest BCUT2D eigenvalue weighted by atomic mass is 79.9. The largest absolute Gasteiger partial charge is 0.372 e. The highest BCUT2D eigenvalue weighted by Gasteiger charge is 2.14. The molecule has 34 heavy (non-hydrogen) atoms. The summed E-state index contributed by atoms with van der Waals surface area (Å²) in [4.78, 5) is 27.9. The van der Waals surface area contributed by atoms with Gasteiger partial charge >= 0.3 is 0 Å². The summed E-state index contributed by atoms with van der Waals surface area (Å²) in [6.07, 6.45) is 3.18. The van der Waals surface area contributed by atoms with Gasteiger partial charge in [-0.1, -0.05) is 58.4 Å². The average molecular weight is 519 g/mol. The summed E-state index contributed by atoms with van der Waals surface area (Å²) in [7, 11) is 0. The number of hydrogen-bond donors (Lipinski definition) is 2. The van der Waals surface area contributed by atoms with E-state index in [-0.39, 0.29) is 11.6 Å². The Morgan fingerprint density at radius 2 is 1.50 bits per heavy atom. The van der Waals surface area contributed by atoms with Gasteiger partial charge in [-0.05, 0) is 67.4 Å². The van der Waals surface area contributed by atoms with Crippen LogP contribution in [0.25, 0.3) is 6.08 Å². The molecule has 0 aromatic heterocycles. The lowest BCUT2D eigenvalue weighted by molar-refractivity contribution is -0.117. The van der Waals surface area contributed by atoms with E-state index in [1.54, 1.807) is 36.6 Å². The van der Waals surface area contributed by atoms with Crippen molar-refractivity contribution >= 4 is 45.7 Å². The normalized spacial score (nSPS) is 11.3. The molecule has 7 heteroatoms. The standard InChI is InChI=1S/C27H27BrN4O2/c1-3-32(4-2)24-16-12-20(13-17-24)18-25(30-26(33)22-8-6-5-7-9-22)27(34)31-29-19-21-10-14-23(28)15-11-21/h5-19H,3-4H2,1-2H3,(H,30,33)(H,31,34)/b25-18-,29-19?. The molecule has 0 saturated carbocycles. The molecule has 0 aliphatic rings. The summed E-state index contributed by atoms with van der Waals surface area (Å²) in [6, 6.07) is 24.1. The molecule has 0 saturated heterocycles. The topological polar surface area (TPSA) is 73.8 Å². The number of nitrogens with one attached hydrogen (secondary N) is 2. The first kappa shape index (κ1) is 24.9. The van der Waals surface area contributed by atoms with Crippen molar-refractivity contribution in [2.24, 2.45) is 5.10 Å². The third-order valence-corrected chi connectivity index (χ3v) is 5.64. The molecular weight excluding hydrogens is 492 g/mol. The van der Waals surface area contributed by atoms with Crippen LogP contribution in [-0.4, -0.2) is 31.1 Å². The summed E-state index contributed by atoms with van der Waals surface area (Å²) in [5, 5.41) is 6.75. The molecule has 174 valence electrons. The SMILES string of the molecule is CCN(CC)c1ccc(/C=C(\NC(=O)c2ccccc2)C(=O)NN=Cc2ccc(Br)cc2)cc1. The predicted molar refractivity (Wildman–Crippen MR) is 142 cm³/mol. The van der Waals surface area contributed by atoms with Crippen molar-refractivity contribution < 1.29 is 9.59 Å². The van der Waals surface area contributed by atoms with Crippen molar-refractivity contribution in [1.82, 2.24) is 10.7 Å². The molecule has 0 radical (unpaired) electrons. The van der Waals surface area contributed by atoms with Crippen LogP contribution in [0.3, 0.4) is 0 Å². The molecule has 0 bridgehead atoms. The number of amides is 2. The summed E-state index contributed by atoms with van der Waals surface area (Å²) >= 11 is 3.39. The van der Waals surface area contributed by atoms with Crippen LogP contribution in [-0.2, 0) is 4.79 Å². The van der Waals surface area contributed by atoms with Crippen molar-refractivity contribution in [3.05, 3.63) is 106 Å². The van der Waals surface area contributed by atoms with Crippen LogP contribution >= 0.6 is 15.9 Å². The van der Waals surface area contributed by atoms with Crippen molar-refractivity contribution in [2.45, 2.75) is 13.8 Å². The Labute approximate surface area is 208 Å². The van der Waals surface area contributed by atoms with Gasteiger partial charge in [0.15, 0.2) is 0 Å². The number of benzene rings is 3. The number of halogens is 1. The summed E-state index contributed by atoms with van der Waals surface area (Å²) in [5.74, 6) is -0.899. The van der Waals surface area contributed by atoms with Gasteiger partial charge in [-0.3, -0.25) is 9.59 Å². The highest BCUT2D eigenvalue weighted by Crippen LogP contribution is 2.17. The molecule has 0 aliphatic heterocycles. The minimum atomic E-state index is -0.523. The Hall–Kier alpha value is -3.71. The Bertz CT molecular complexity index is 1150. The van der Waals surface area contributed by atoms with Gasteiger partial charge in [-0.25, -0.2) is 5.43 Å². The zero-order chi connectivity index (χ0) is 24.3. The number of rotatable bonds is 9. The lowest BCUT2D eigenvalue weighted by Crippen LogP contribution is -2.32. The first-order valence-corrected chi connectivity index (χ1v) is 11.8. The molecule has 3 rings (SSSR count). The van der Waals surface area contributed by atoms with Crippen molar-refractivity contribution in [2.75, 3.05) is 18.0 Å². The van der Waals surface area contributed by atoms with Crippen LogP contribution in [0.1, 0.15) is 35.3 Å². The van der Waals surface area contributed by atoms with Gasteiger partial charge in [-0.15, -0.1) is 0 Å². The molecule has 0 spiro atoms. The molecule has 2 amide bonds. The Balaban J connectivity index is 1.81. The summed E-state index contributed by atoms with van der Waals surface area (Å²) in [5.41, 5.74) is 5.76. The van der Waals surface area contributed by atoms with Crippen LogP contribution in [0.2, 0.25) is 0 Å². The van der Waals surface area contributed by atoms with E-state index >= 15 is 0 Å². The number of hydrogen-bond acceptors (Lipinski definition) is 4. The van der Waals surface area contributed by atoms with Crippen LogP contribution in [0.4, 0.5) is 5.69 Å². The molecule has 0 atom stereocenters. The number of nitrogens with zero attached hydrogens (tertiary/aromatic N) is 2. The van der Waals surface area contributed by atoms with E-state index in [4.69, 9.17) is 0 Å². The zero-order valence-electron chi connectivity index (χ0n) is 19.2. The van der Waals surface area contributed by atoms with E-state index in [1.165, 1.54) is 0 Å². The number of hydrazone groups is 1. The Kier molecular flexibility index (Phi) is 9.17. The molecule has 0 unspecified atom stereocenters. The second kappa shape index (κ2) is 12.5. The maximum Gasteiger partial charge on any atom is 0.287 e. The van der Waals surface area contributed by atoms with Crippen LogP contribution < -0.4 is 15.6 Å². The zero-order valence-corrected chi connectivity index (χ0v) is 20.7. The van der Waals surface area contributed by atoms with Crippen molar-refractivity contribution in [3.63, 3.8) is 0 Å². The molecule has 3 aromatic carbocycles. The first-order chi connectivity index (χ1) is 16.5. The van der Waals surface area contributed by atoms with E-state index in [1.807, 2.05) is 54.6 Å². The average Bonchev–Trinajstić information content (AvgIpc) is 2.87. The molecule has 0 heterocycles. The van der Waals surface area contributed by atoms with Gasteiger partial charge in [0.25, 0.3) is 11.8 Å². The Morgan fingerprint density at radius 3 is 2.12 bits per heavy atom. The predicted octanol–water partition coefficient (Wildman–Crippen LogP) is 5.22. The van der Waals surface area contributed by atoms with Gasteiger partial charge < -0.3 is 10.2 Å². The van der Waals surface area contributed by atoms with Gasteiger partial charge in [0.2, 0.25) is 0 Å². The van der Waals surface area contributed by atoms with Crippen molar-refractivity contribution in [3.8, 4) is 0 Å². The lowest BCUT2D eigenvalue weighted by Gasteiger charge is -2.20. The van der Waals surface area contributed by atoms with E-state index in [0.29, 0.717) is 5.56 Å². The van der Waals surface area contributed by atoms with Gasteiger partial charge in [0.05, 0.1) is 6.21 Å². The minimum Gasteiger partial charge on any atom is -0.372 e. The molecular formula is C27H27BrN4O2. The summed E-state index contributed by atoms with van der Waals surface area (Å²) < 4.78 is 0.953. The van der Waals surface area contributed by atoms with E-state index in [0.717, 1.165) is 34.4 Å². The number of carbonyl (C=O) groups excluding carboxylic acids is 2. The van der Waals surface area contributed by atoms with E-state index in [2.05, 4.69) is 50.5 Å². The van der Waals surface area contributed by atoms with Gasteiger partial charge in [-0.2, -0.15) is 5.10 Å². The van der Waals surface area contributed by atoms with E-state index < -0.39 is 5.91 Å². The maximum absolute atomic E-state index is 12.9. The molecule has 6 nitrogen and oxygen atoms in total. The lowest BCUT2D eigenvalue weighted by atomic mass is 10.1. The van der Waals surface area contributed by atoms with E-state index in [9.17, 15) is 9.59 Å². The molecule has 0 fully saturated rings. The van der Waals surface area contributed by atoms with Crippen molar-refractivity contribution in [1.29, 1.82) is 0 Å². The summed E-state index contributed by atoms with van der Waals surface area (Å²) in [6.45, 7) is 6.02. The molecule has 3 aromatic rings. The highest BCUT2D eigenvalue weighted by molar-refractivity contribution is 9.10. The van der Waals surface area contributed by atoms with Gasteiger partial charge in [0, 0.05) is 28.8 Å². The minimum absolute atomic E-state index is 0.0948. The van der Waals surface area contributed by atoms with Crippen LogP contribution in [0, 0.1) is 0 Å².